The second-order valence-electron chi connectivity index (χ2n) is 7.01. The summed E-state index contributed by atoms with van der Waals surface area (Å²) < 4.78 is 42.9. The lowest BCUT2D eigenvalue weighted by Crippen LogP contribution is -2.36. The maximum absolute atomic E-state index is 13.8. The number of amides is 1. The highest BCUT2D eigenvalue weighted by Crippen LogP contribution is 2.44. The van der Waals surface area contributed by atoms with Gasteiger partial charge in [-0.25, -0.2) is 4.68 Å². The molecule has 2 atom stereocenters. The number of fused-ring (bicyclic) bond motifs is 1. The second kappa shape index (κ2) is 8.08. The van der Waals surface area contributed by atoms with Gasteiger partial charge in [0.05, 0.1) is 17.9 Å². The quantitative estimate of drug-likeness (QED) is 0.379. The predicted molar refractivity (Wildman–Crippen MR) is 114 cm³/mol. The summed E-state index contributed by atoms with van der Waals surface area (Å²) >= 11 is 9.20. The fourth-order valence-electron chi connectivity index (χ4n) is 3.44. The van der Waals surface area contributed by atoms with Crippen molar-refractivity contribution in [1.82, 2.24) is 9.78 Å². The molecule has 0 saturated heterocycles. The third-order valence-electron chi connectivity index (χ3n) is 4.96. The Morgan fingerprint density at radius 3 is 2.65 bits per heavy atom. The maximum atomic E-state index is 13.8. The van der Waals surface area contributed by atoms with Crippen molar-refractivity contribution in [2.24, 2.45) is 0 Å². The van der Waals surface area contributed by atoms with Crippen molar-refractivity contribution in [3.05, 3.63) is 69.3 Å². The summed E-state index contributed by atoms with van der Waals surface area (Å²) in [6.07, 6.45) is -3.77. The first-order valence-corrected chi connectivity index (χ1v) is 10.3. The third-order valence-corrected chi connectivity index (χ3v) is 5.73. The van der Waals surface area contributed by atoms with Crippen LogP contribution in [-0.2, 0) is 0 Å². The monoisotopic (exact) mass is 514 g/mol. The average Bonchev–Trinajstić information content (AvgIpc) is 3.14. The molecule has 6 nitrogen and oxygen atoms in total. The van der Waals surface area contributed by atoms with Crippen molar-refractivity contribution >= 4 is 44.9 Å². The number of halogens is 5. The lowest BCUT2D eigenvalue weighted by molar-refractivity contribution is -0.173. The fourth-order valence-corrected chi connectivity index (χ4v) is 3.88. The van der Waals surface area contributed by atoms with Crippen molar-refractivity contribution in [1.29, 1.82) is 0 Å². The normalized spacial score (nSPS) is 18.2. The molecule has 1 aromatic heterocycles. The molecule has 11 heteroatoms. The number of phenolic OH excluding ortho intramolecular Hbond substituents is 1. The summed E-state index contributed by atoms with van der Waals surface area (Å²) in [4.78, 5) is 12.8. The van der Waals surface area contributed by atoms with E-state index in [2.05, 4.69) is 31.7 Å². The molecule has 4 rings (SSSR count). The Morgan fingerprint density at radius 2 is 1.97 bits per heavy atom. The first-order chi connectivity index (χ1) is 14.6. The number of phenols is 1. The molecule has 3 aromatic rings. The minimum Gasteiger partial charge on any atom is -0.506 e. The van der Waals surface area contributed by atoms with Crippen LogP contribution in [0.15, 0.2) is 53.1 Å². The van der Waals surface area contributed by atoms with E-state index < -0.39 is 24.2 Å². The summed E-state index contributed by atoms with van der Waals surface area (Å²) in [7, 11) is 0. The Morgan fingerprint density at radius 1 is 1.26 bits per heavy atom. The van der Waals surface area contributed by atoms with Crippen molar-refractivity contribution in [3.63, 3.8) is 0 Å². The van der Waals surface area contributed by atoms with Gasteiger partial charge in [0, 0.05) is 15.9 Å². The van der Waals surface area contributed by atoms with Crippen molar-refractivity contribution in [3.8, 4) is 5.75 Å². The van der Waals surface area contributed by atoms with Gasteiger partial charge in [0.25, 0.3) is 5.91 Å². The first-order valence-electron chi connectivity index (χ1n) is 9.09. The summed E-state index contributed by atoms with van der Waals surface area (Å²) in [5, 5.41) is 19.5. The molecule has 0 spiro atoms. The van der Waals surface area contributed by atoms with Gasteiger partial charge in [-0.3, -0.25) is 4.79 Å². The minimum absolute atomic E-state index is 0.0325. The molecule has 2 heterocycles. The van der Waals surface area contributed by atoms with E-state index in [1.54, 1.807) is 24.3 Å². The number of hydrogen-bond donors (Lipinski definition) is 3. The Labute approximate surface area is 188 Å². The molecule has 3 N–H and O–H groups in total. The molecular weight excluding hydrogens is 501 g/mol. The number of anilines is 2. The number of hydrogen-bond acceptors (Lipinski definition) is 4. The van der Waals surface area contributed by atoms with Gasteiger partial charge in [-0.05, 0) is 35.9 Å². The van der Waals surface area contributed by atoms with E-state index in [9.17, 15) is 23.1 Å². The highest BCUT2D eigenvalue weighted by molar-refractivity contribution is 9.10. The summed E-state index contributed by atoms with van der Waals surface area (Å²) in [6, 6.07) is 8.38. The van der Waals surface area contributed by atoms with Crippen LogP contribution >= 0.6 is 27.5 Å². The van der Waals surface area contributed by atoms with E-state index in [0.717, 1.165) is 15.4 Å². The molecule has 0 aliphatic carbocycles. The molecule has 0 fully saturated rings. The van der Waals surface area contributed by atoms with Crippen molar-refractivity contribution in [2.75, 3.05) is 10.6 Å². The number of rotatable bonds is 3. The topological polar surface area (TPSA) is 79.2 Å². The molecular formula is C20H15BrClF3N4O2. The first kappa shape index (κ1) is 21.5. The zero-order valence-electron chi connectivity index (χ0n) is 15.6. The van der Waals surface area contributed by atoms with E-state index >= 15 is 0 Å². The van der Waals surface area contributed by atoms with Gasteiger partial charge in [-0.1, -0.05) is 39.7 Å². The minimum atomic E-state index is -4.56. The largest absolute Gasteiger partial charge is 0.506 e. The van der Waals surface area contributed by atoms with E-state index in [0.29, 0.717) is 5.56 Å². The van der Waals surface area contributed by atoms with Gasteiger partial charge in [0.15, 0.2) is 6.04 Å². The summed E-state index contributed by atoms with van der Waals surface area (Å²) in [5.74, 6) is -1.02. The van der Waals surface area contributed by atoms with E-state index in [1.165, 1.54) is 18.2 Å². The van der Waals surface area contributed by atoms with Crippen molar-refractivity contribution < 1.29 is 23.1 Å². The molecule has 0 radical (unpaired) electrons. The van der Waals surface area contributed by atoms with Crippen LogP contribution in [-0.4, -0.2) is 27.0 Å². The zero-order valence-corrected chi connectivity index (χ0v) is 18.0. The lowest BCUT2D eigenvalue weighted by atomic mass is 9.96. The van der Waals surface area contributed by atoms with E-state index in [-0.39, 0.29) is 34.3 Å². The molecule has 2 aromatic carbocycles. The number of alkyl halides is 3. The molecule has 0 saturated carbocycles. The number of nitrogens with one attached hydrogen (secondary N) is 2. The molecule has 1 aliphatic rings. The second-order valence-corrected chi connectivity index (χ2v) is 8.36. The third kappa shape index (κ3) is 4.35. The average molecular weight is 516 g/mol. The van der Waals surface area contributed by atoms with Gasteiger partial charge in [0.2, 0.25) is 0 Å². The smallest absolute Gasteiger partial charge is 0.410 e. The standard InChI is InChI=1S/C20H15BrClF3N4O2/c21-11-3-1-10(2-4-11)14-8-17(20(23,24)25)29-18(27-14)13(9-26-29)19(31)28-15-7-12(22)5-6-16(15)30/h1-7,9,14,17,27,30H,8H2,(H,28,31)/t14-,17-/m1/s1. The fraction of sp³-hybridized carbons (Fsp3) is 0.200. The van der Waals surface area contributed by atoms with E-state index in [1.807, 2.05) is 0 Å². The Bertz CT molecular complexity index is 1130. The molecule has 1 aliphatic heterocycles. The highest BCUT2D eigenvalue weighted by atomic mass is 79.9. The molecule has 1 amide bonds. The summed E-state index contributed by atoms with van der Waals surface area (Å²) in [5.41, 5.74) is 0.587. The number of benzene rings is 2. The SMILES string of the molecule is O=C(Nc1cc(Cl)ccc1O)c1cnn2c1N[C@@H](c1ccc(Br)cc1)C[C@@H]2C(F)(F)F. The van der Waals surface area contributed by atoms with Gasteiger partial charge in [0.1, 0.15) is 17.1 Å². The van der Waals surface area contributed by atoms with Crippen molar-refractivity contribution in [2.45, 2.75) is 24.7 Å². The number of aromatic nitrogens is 2. The number of carbonyl (C=O) groups is 1. The van der Waals surface area contributed by atoms with Gasteiger partial charge < -0.3 is 15.7 Å². The van der Waals surface area contributed by atoms with Crippen LogP contribution in [0.3, 0.4) is 0 Å². The highest BCUT2D eigenvalue weighted by Gasteiger charge is 2.47. The zero-order chi connectivity index (χ0) is 22.3. The molecule has 31 heavy (non-hydrogen) atoms. The molecule has 162 valence electrons. The van der Waals surface area contributed by atoms with Crippen LogP contribution in [0.2, 0.25) is 5.02 Å². The predicted octanol–water partition coefficient (Wildman–Crippen LogP) is 5.92. The van der Waals surface area contributed by atoms with Gasteiger partial charge in [-0.15, -0.1) is 0 Å². The van der Waals surface area contributed by atoms with Crippen LogP contribution in [0.4, 0.5) is 24.7 Å². The van der Waals surface area contributed by atoms with Gasteiger partial charge >= 0.3 is 6.18 Å². The summed E-state index contributed by atoms with van der Waals surface area (Å²) in [6.45, 7) is 0. The molecule has 0 unspecified atom stereocenters. The molecule has 0 bridgehead atoms. The van der Waals surface area contributed by atoms with Crippen LogP contribution < -0.4 is 10.6 Å². The van der Waals surface area contributed by atoms with Crippen LogP contribution in [0, 0.1) is 0 Å². The Hall–Kier alpha value is -2.72. The number of carbonyl (C=O) groups excluding carboxylic acids is 1. The van der Waals surface area contributed by atoms with E-state index in [4.69, 9.17) is 11.6 Å². The van der Waals surface area contributed by atoms with Crippen LogP contribution in [0.1, 0.15) is 34.4 Å². The van der Waals surface area contributed by atoms with Crippen LogP contribution in [0.5, 0.6) is 5.75 Å². The van der Waals surface area contributed by atoms with Gasteiger partial charge in [-0.2, -0.15) is 18.3 Å². The Balaban J connectivity index is 1.70. The lowest BCUT2D eigenvalue weighted by Gasteiger charge is -2.34. The maximum Gasteiger partial charge on any atom is 0.410 e. The number of aromatic hydroxyl groups is 1. The number of nitrogens with zero attached hydrogens (tertiary/aromatic N) is 2. The van der Waals surface area contributed by atoms with Crippen LogP contribution in [0.25, 0.3) is 0 Å². The Kier molecular flexibility index (Phi) is 5.61.